The third-order valence-corrected chi connectivity index (χ3v) is 3.38. The topological polar surface area (TPSA) is 81.1 Å². The van der Waals surface area contributed by atoms with Gasteiger partial charge < -0.3 is 5.32 Å². The first-order valence-corrected chi connectivity index (χ1v) is 7.34. The fraction of sp³-hybridized carbons (Fsp3) is 0.294. The van der Waals surface area contributed by atoms with Crippen LogP contribution in [0.2, 0.25) is 0 Å². The Morgan fingerprint density at radius 2 is 1.87 bits per heavy atom. The summed E-state index contributed by atoms with van der Waals surface area (Å²) in [6.45, 7) is 5.26. The van der Waals surface area contributed by atoms with Crippen LogP contribution in [0.5, 0.6) is 0 Å². The van der Waals surface area contributed by atoms with Crippen LogP contribution in [0, 0.1) is 0 Å². The van der Waals surface area contributed by atoms with Crippen LogP contribution in [0.1, 0.15) is 42.7 Å². The molecular weight excluding hydrogens is 294 g/mol. The van der Waals surface area contributed by atoms with Gasteiger partial charge in [-0.3, -0.25) is 19.0 Å². The highest BCUT2D eigenvalue weighted by Gasteiger charge is 2.08. The summed E-state index contributed by atoms with van der Waals surface area (Å²) in [4.78, 5) is 39.3. The monoisotopic (exact) mass is 313 g/mol. The highest BCUT2D eigenvalue weighted by Crippen LogP contribution is 2.10. The zero-order valence-corrected chi connectivity index (χ0v) is 13.4. The maximum absolute atomic E-state index is 12.0. The molecule has 0 fully saturated rings. The molecule has 1 amide bonds. The summed E-state index contributed by atoms with van der Waals surface area (Å²) in [7, 11) is 0. The standard InChI is InChI=1S/C17H19N3O3/c1-11(2)15-8-17(23)20(10-18-15)9-16(22)19-14-6-4-13(5-7-14)12(3)21/h4-8,10-11H,9H2,1-3H3,(H,19,22). The normalized spacial score (nSPS) is 10.6. The van der Waals surface area contributed by atoms with Gasteiger partial charge in [-0.05, 0) is 37.1 Å². The van der Waals surface area contributed by atoms with E-state index in [2.05, 4.69) is 10.3 Å². The second kappa shape index (κ2) is 7.00. The van der Waals surface area contributed by atoms with Crippen LogP contribution in [0.25, 0.3) is 0 Å². The average molecular weight is 313 g/mol. The minimum absolute atomic E-state index is 0.0363. The maximum atomic E-state index is 12.0. The Labute approximate surface area is 134 Å². The lowest BCUT2D eigenvalue weighted by Gasteiger charge is -2.09. The Kier molecular flexibility index (Phi) is 5.05. The number of amides is 1. The number of benzene rings is 1. The second-order valence-electron chi connectivity index (χ2n) is 5.62. The summed E-state index contributed by atoms with van der Waals surface area (Å²) < 4.78 is 1.26. The van der Waals surface area contributed by atoms with E-state index in [4.69, 9.17) is 0 Å². The Balaban J connectivity index is 2.05. The lowest BCUT2D eigenvalue weighted by atomic mass is 10.1. The van der Waals surface area contributed by atoms with Crippen molar-refractivity contribution in [2.24, 2.45) is 0 Å². The van der Waals surface area contributed by atoms with Crippen LogP contribution in [-0.4, -0.2) is 21.2 Å². The van der Waals surface area contributed by atoms with Crippen molar-refractivity contribution in [3.05, 3.63) is 58.3 Å². The Morgan fingerprint density at radius 3 is 2.39 bits per heavy atom. The molecule has 120 valence electrons. The van der Waals surface area contributed by atoms with E-state index >= 15 is 0 Å². The van der Waals surface area contributed by atoms with Gasteiger partial charge in [-0.1, -0.05) is 13.8 Å². The van der Waals surface area contributed by atoms with Crippen LogP contribution in [0.15, 0.2) is 41.5 Å². The summed E-state index contributed by atoms with van der Waals surface area (Å²) in [6.07, 6.45) is 1.39. The van der Waals surface area contributed by atoms with Crippen molar-refractivity contribution in [1.29, 1.82) is 0 Å². The molecule has 1 heterocycles. The van der Waals surface area contributed by atoms with Crippen LogP contribution >= 0.6 is 0 Å². The van der Waals surface area contributed by atoms with E-state index < -0.39 is 0 Å². The van der Waals surface area contributed by atoms with Gasteiger partial charge in [0.15, 0.2) is 5.78 Å². The third-order valence-electron chi connectivity index (χ3n) is 3.38. The summed E-state index contributed by atoms with van der Waals surface area (Å²) in [5.41, 5.74) is 1.59. The van der Waals surface area contributed by atoms with Crippen molar-refractivity contribution in [1.82, 2.24) is 9.55 Å². The molecule has 1 aromatic heterocycles. The lowest BCUT2D eigenvalue weighted by Crippen LogP contribution is -2.28. The third kappa shape index (κ3) is 4.35. The molecule has 1 N–H and O–H groups in total. The maximum Gasteiger partial charge on any atom is 0.254 e. The molecule has 0 bridgehead atoms. The largest absolute Gasteiger partial charge is 0.325 e. The molecule has 6 nitrogen and oxygen atoms in total. The van der Waals surface area contributed by atoms with Crippen molar-refractivity contribution in [3.8, 4) is 0 Å². The smallest absolute Gasteiger partial charge is 0.254 e. The number of aromatic nitrogens is 2. The van der Waals surface area contributed by atoms with Crippen LogP contribution in [0.4, 0.5) is 5.69 Å². The van der Waals surface area contributed by atoms with Gasteiger partial charge in [0.05, 0.1) is 12.0 Å². The fourth-order valence-corrected chi connectivity index (χ4v) is 2.02. The second-order valence-corrected chi connectivity index (χ2v) is 5.62. The Bertz CT molecular complexity index is 776. The predicted molar refractivity (Wildman–Crippen MR) is 87.7 cm³/mol. The van der Waals surface area contributed by atoms with Gasteiger partial charge >= 0.3 is 0 Å². The minimum Gasteiger partial charge on any atom is -0.325 e. The number of carbonyl (C=O) groups is 2. The van der Waals surface area contributed by atoms with E-state index in [9.17, 15) is 14.4 Å². The number of anilines is 1. The minimum atomic E-state index is -0.332. The van der Waals surface area contributed by atoms with E-state index in [0.29, 0.717) is 16.9 Å². The number of hydrogen-bond acceptors (Lipinski definition) is 4. The first kappa shape index (κ1) is 16.6. The molecule has 0 unspecified atom stereocenters. The average Bonchev–Trinajstić information content (AvgIpc) is 2.49. The summed E-state index contributed by atoms with van der Waals surface area (Å²) in [5, 5.41) is 2.68. The molecule has 2 rings (SSSR count). The first-order chi connectivity index (χ1) is 10.9. The van der Waals surface area contributed by atoms with Crippen molar-refractivity contribution < 1.29 is 9.59 Å². The fourth-order valence-electron chi connectivity index (χ4n) is 2.02. The molecule has 1 aromatic carbocycles. The molecule has 0 saturated carbocycles. The van der Waals surface area contributed by atoms with Gasteiger partial charge in [0.1, 0.15) is 6.54 Å². The van der Waals surface area contributed by atoms with Gasteiger partial charge in [0.25, 0.3) is 5.56 Å². The number of Topliss-reactive ketones (excluding diaryl/α,β-unsaturated/α-hetero) is 1. The zero-order valence-electron chi connectivity index (χ0n) is 13.4. The molecule has 2 aromatic rings. The molecule has 0 aliphatic carbocycles. The Morgan fingerprint density at radius 1 is 1.22 bits per heavy atom. The van der Waals surface area contributed by atoms with Gasteiger partial charge in [0.2, 0.25) is 5.91 Å². The van der Waals surface area contributed by atoms with Crippen molar-refractivity contribution in [3.63, 3.8) is 0 Å². The molecule has 0 radical (unpaired) electrons. The highest BCUT2D eigenvalue weighted by molar-refractivity contribution is 5.95. The van der Waals surface area contributed by atoms with Gasteiger partial charge in [0, 0.05) is 17.3 Å². The SMILES string of the molecule is CC(=O)c1ccc(NC(=O)Cn2cnc(C(C)C)cc2=O)cc1. The van der Waals surface area contributed by atoms with E-state index in [-0.39, 0.29) is 29.7 Å². The number of nitrogens with zero attached hydrogens (tertiary/aromatic N) is 2. The molecule has 0 aliphatic rings. The number of nitrogens with one attached hydrogen (secondary N) is 1. The number of carbonyl (C=O) groups excluding carboxylic acids is 2. The van der Waals surface area contributed by atoms with Crippen LogP contribution in [-0.2, 0) is 11.3 Å². The lowest BCUT2D eigenvalue weighted by molar-refractivity contribution is -0.116. The summed E-state index contributed by atoms with van der Waals surface area (Å²) in [5.74, 6) is -0.210. The van der Waals surface area contributed by atoms with Crippen LogP contribution < -0.4 is 10.9 Å². The molecule has 0 spiro atoms. The molecule has 0 atom stereocenters. The van der Waals surface area contributed by atoms with E-state index in [1.165, 1.54) is 23.9 Å². The van der Waals surface area contributed by atoms with Gasteiger partial charge in [-0.2, -0.15) is 0 Å². The number of hydrogen-bond donors (Lipinski definition) is 1. The quantitative estimate of drug-likeness (QED) is 0.858. The van der Waals surface area contributed by atoms with Crippen molar-refractivity contribution in [2.75, 3.05) is 5.32 Å². The molecule has 6 heteroatoms. The predicted octanol–water partition coefficient (Wildman–Crippen LogP) is 2.21. The van der Waals surface area contributed by atoms with E-state index in [0.717, 1.165) is 0 Å². The summed E-state index contributed by atoms with van der Waals surface area (Å²) >= 11 is 0. The van der Waals surface area contributed by atoms with E-state index in [1.807, 2.05) is 13.8 Å². The number of rotatable bonds is 5. The zero-order chi connectivity index (χ0) is 17.0. The van der Waals surface area contributed by atoms with Gasteiger partial charge in [-0.15, -0.1) is 0 Å². The molecular formula is C17H19N3O3. The molecule has 0 aliphatic heterocycles. The molecule has 0 saturated heterocycles. The summed E-state index contributed by atoms with van der Waals surface area (Å²) in [6, 6.07) is 8.03. The Hall–Kier alpha value is -2.76. The molecule has 23 heavy (non-hydrogen) atoms. The van der Waals surface area contributed by atoms with Gasteiger partial charge in [-0.25, -0.2) is 4.98 Å². The van der Waals surface area contributed by atoms with Crippen molar-refractivity contribution >= 4 is 17.4 Å². The number of ketones is 1. The highest BCUT2D eigenvalue weighted by atomic mass is 16.2. The van der Waals surface area contributed by atoms with Crippen molar-refractivity contribution in [2.45, 2.75) is 33.2 Å². The first-order valence-electron chi connectivity index (χ1n) is 7.34. The van der Waals surface area contributed by atoms with E-state index in [1.54, 1.807) is 24.3 Å². The van der Waals surface area contributed by atoms with Crippen LogP contribution in [0.3, 0.4) is 0 Å².